The number of nitrogens with zero attached hydrogens (tertiary/aromatic N) is 3. The van der Waals surface area contributed by atoms with Gasteiger partial charge in [0.1, 0.15) is 23.9 Å². The van der Waals surface area contributed by atoms with Crippen molar-refractivity contribution in [3.63, 3.8) is 0 Å². The topological polar surface area (TPSA) is 92.5 Å². The van der Waals surface area contributed by atoms with Gasteiger partial charge in [-0.05, 0) is 66.6 Å². The molecule has 2 aromatic heterocycles. The van der Waals surface area contributed by atoms with Crippen molar-refractivity contribution in [3.05, 3.63) is 66.4 Å². The van der Waals surface area contributed by atoms with Crippen molar-refractivity contribution in [2.75, 3.05) is 12.4 Å². The number of sulfone groups is 1. The second-order valence-corrected chi connectivity index (χ2v) is 26.6. The second-order valence-electron chi connectivity index (χ2n) is 13.9. The van der Waals surface area contributed by atoms with E-state index in [2.05, 4.69) is 58.5 Å². The Morgan fingerprint density at radius 2 is 1.66 bits per heavy atom. The third kappa shape index (κ3) is 8.25. The van der Waals surface area contributed by atoms with E-state index in [4.69, 9.17) is 18.9 Å². The first-order valence-electron chi connectivity index (χ1n) is 15.2. The van der Waals surface area contributed by atoms with E-state index in [0.717, 1.165) is 34.2 Å². The van der Waals surface area contributed by atoms with Gasteiger partial charge in [-0.25, -0.2) is 13.4 Å². The zero-order valence-corrected chi connectivity index (χ0v) is 30.4. The standard InChI is InChI=1S/C33H47N3O5SSi2/c1-10-42(37,38)27-16-14-26(15-17-27)41-31-22-30-29(21-25(31)23-40-44(8,9)33(2,3)4)35-32(28-13-11-12-18-34-28)36(30)24-39-19-20-43(5,6)7/h11-18,21-22H,10,19-20,23-24H2,1-9H3. The molecule has 2 aromatic carbocycles. The maximum Gasteiger partial charge on any atom is 0.192 e. The molecular formula is C33H47N3O5SSi2. The summed E-state index contributed by atoms with van der Waals surface area (Å²) in [5, 5.41) is 0.0414. The monoisotopic (exact) mass is 653 g/mol. The Morgan fingerprint density at radius 1 is 0.955 bits per heavy atom. The minimum absolute atomic E-state index is 0.0414. The van der Waals surface area contributed by atoms with Crippen molar-refractivity contribution in [2.24, 2.45) is 0 Å². The van der Waals surface area contributed by atoms with Crippen LogP contribution in [0.15, 0.2) is 65.7 Å². The molecule has 0 unspecified atom stereocenters. The zero-order chi connectivity index (χ0) is 32.3. The summed E-state index contributed by atoms with van der Waals surface area (Å²) in [7, 11) is -6.64. The van der Waals surface area contributed by atoms with Gasteiger partial charge in [0.2, 0.25) is 0 Å². The van der Waals surface area contributed by atoms with Gasteiger partial charge in [-0.1, -0.05) is 53.4 Å². The number of rotatable bonds is 13. The molecule has 0 atom stereocenters. The molecule has 0 saturated carbocycles. The van der Waals surface area contributed by atoms with Crippen molar-refractivity contribution in [1.82, 2.24) is 14.5 Å². The summed E-state index contributed by atoms with van der Waals surface area (Å²) in [5.74, 6) is 1.92. The van der Waals surface area contributed by atoms with Crippen LogP contribution in [0.25, 0.3) is 22.6 Å². The molecule has 0 bridgehead atoms. The Morgan fingerprint density at radius 3 is 2.25 bits per heavy atom. The third-order valence-electron chi connectivity index (χ3n) is 8.23. The molecule has 0 fully saturated rings. The Balaban J connectivity index is 1.79. The summed E-state index contributed by atoms with van der Waals surface area (Å²) in [6.45, 7) is 21.1. The SMILES string of the molecule is CCS(=O)(=O)c1ccc(Oc2cc3c(cc2CO[Si](C)(C)C(C)(C)C)nc(-c2ccccn2)n3COCC[Si](C)(C)C)cc1. The number of ether oxygens (including phenoxy) is 2. The molecule has 0 saturated heterocycles. The molecule has 0 aliphatic rings. The van der Waals surface area contributed by atoms with Gasteiger partial charge in [0, 0.05) is 32.5 Å². The van der Waals surface area contributed by atoms with Crippen LogP contribution in [0.2, 0.25) is 43.8 Å². The lowest BCUT2D eigenvalue weighted by atomic mass is 10.2. The maximum atomic E-state index is 12.4. The Hall–Kier alpha value is -2.84. The predicted octanol–water partition coefficient (Wildman–Crippen LogP) is 8.52. The number of benzene rings is 2. The van der Waals surface area contributed by atoms with E-state index in [9.17, 15) is 8.42 Å². The van der Waals surface area contributed by atoms with Crippen LogP contribution in [-0.2, 0) is 32.3 Å². The molecule has 0 N–H and O–H groups in total. The van der Waals surface area contributed by atoms with E-state index in [1.165, 1.54) is 0 Å². The van der Waals surface area contributed by atoms with Crippen LogP contribution in [0.4, 0.5) is 0 Å². The summed E-state index contributed by atoms with van der Waals surface area (Å²) < 4.78 is 46.1. The molecule has 4 aromatic rings. The second kappa shape index (κ2) is 13.3. The molecule has 0 amide bonds. The van der Waals surface area contributed by atoms with Gasteiger partial charge in [-0.15, -0.1) is 0 Å². The van der Waals surface area contributed by atoms with Crippen molar-refractivity contribution in [2.45, 2.75) is 89.7 Å². The van der Waals surface area contributed by atoms with Crippen LogP contribution < -0.4 is 4.74 Å². The number of hydrogen-bond acceptors (Lipinski definition) is 7. The van der Waals surface area contributed by atoms with Crippen LogP contribution in [0.5, 0.6) is 11.5 Å². The highest BCUT2D eigenvalue weighted by Gasteiger charge is 2.37. The lowest BCUT2D eigenvalue weighted by Gasteiger charge is -2.36. The van der Waals surface area contributed by atoms with Gasteiger partial charge in [0.25, 0.3) is 0 Å². The molecule has 4 rings (SSSR count). The fraction of sp³-hybridized carbons (Fsp3) is 0.455. The molecule has 2 heterocycles. The van der Waals surface area contributed by atoms with E-state index in [0.29, 0.717) is 31.4 Å². The molecule has 0 spiro atoms. The van der Waals surface area contributed by atoms with Crippen LogP contribution in [0, 0.1) is 0 Å². The zero-order valence-electron chi connectivity index (χ0n) is 27.6. The number of aromatic nitrogens is 3. The van der Waals surface area contributed by atoms with E-state index < -0.39 is 26.2 Å². The number of imidazole rings is 1. The molecule has 44 heavy (non-hydrogen) atoms. The van der Waals surface area contributed by atoms with E-state index >= 15 is 0 Å². The van der Waals surface area contributed by atoms with Gasteiger partial charge >= 0.3 is 0 Å². The van der Waals surface area contributed by atoms with Crippen LogP contribution in [0.3, 0.4) is 0 Å². The molecular weight excluding hydrogens is 607 g/mol. The van der Waals surface area contributed by atoms with Gasteiger partial charge in [-0.2, -0.15) is 0 Å². The Labute approximate surface area is 264 Å². The Bertz CT molecular complexity index is 1680. The molecule has 11 heteroatoms. The smallest absolute Gasteiger partial charge is 0.192 e. The fourth-order valence-corrected chi connectivity index (χ4v) is 6.83. The normalized spacial score (nSPS) is 13.0. The van der Waals surface area contributed by atoms with Gasteiger partial charge in [-0.3, -0.25) is 9.55 Å². The summed E-state index contributed by atoms with van der Waals surface area (Å²) in [6, 6.07) is 17.4. The van der Waals surface area contributed by atoms with Crippen LogP contribution in [0.1, 0.15) is 33.3 Å². The Kier molecular flexibility index (Phi) is 10.3. The quantitative estimate of drug-likeness (QED) is 0.105. The molecule has 0 aliphatic carbocycles. The van der Waals surface area contributed by atoms with Crippen molar-refractivity contribution in [3.8, 4) is 23.0 Å². The largest absolute Gasteiger partial charge is 0.457 e. The summed E-state index contributed by atoms with van der Waals surface area (Å²) in [5.41, 5.74) is 3.27. The van der Waals surface area contributed by atoms with Crippen LogP contribution >= 0.6 is 0 Å². The van der Waals surface area contributed by atoms with Crippen molar-refractivity contribution < 1.29 is 22.3 Å². The number of pyridine rings is 1. The highest BCUT2D eigenvalue weighted by Crippen LogP contribution is 2.39. The van der Waals surface area contributed by atoms with E-state index in [1.54, 1.807) is 37.4 Å². The third-order valence-corrected chi connectivity index (χ3v) is 16.2. The maximum absolute atomic E-state index is 12.4. The first-order chi connectivity index (χ1) is 20.5. The summed E-state index contributed by atoms with van der Waals surface area (Å²) in [4.78, 5) is 9.88. The van der Waals surface area contributed by atoms with Crippen molar-refractivity contribution in [1.29, 1.82) is 0 Å². The lowest BCUT2D eigenvalue weighted by molar-refractivity contribution is 0.0909. The molecule has 8 nitrogen and oxygen atoms in total. The predicted molar refractivity (Wildman–Crippen MR) is 183 cm³/mol. The average Bonchev–Trinajstić information content (AvgIpc) is 3.31. The van der Waals surface area contributed by atoms with Crippen molar-refractivity contribution >= 4 is 37.3 Å². The lowest BCUT2D eigenvalue weighted by Crippen LogP contribution is -2.40. The van der Waals surface area contributed by atoms with Crippen LogP contribution in [-0.4, -0.2) is 51.7 Å². The molecule has 0 aliphatic heterocycles. The molecule has 238 valence electrons. The van der Waals surface area contributed by atoms with E-state index in [-0.39, 0.29) is 15.7 Å². The first kappa shape index (κ1) is 34.0. The van der Waals surface area contributed by atoms with Gasteiger partial charge in [0.15, 0.2) is 24.0 Å². The first-order valence-corrected chi connectivity index (χ1v) is 23.4. The summed E-state index contributed by atoms with van der Waals surface area (Å²) in [6.07, 6.45) is 1.76. The minimum atomic E-state index is -3.31. The van der Waals surface area contributed by atoms with Gasteiger partial charge in [0.05, 0.1) is 28.3 Å². The van der Waals surface area contributed by atoms with E-state index in [1.807, 2.05) is 34.9 Å². The highest BCUT2D eigenvalue weighted by molar-refractivity contribution is 7.91. The number of fused-ring (bicyclic) bond motifs is 1. The fourth-order valence-electron chi connectivity index (χ4n) is 4.24. The highest BCUT2D eigenvalue weighted by atomic mass is 32.2. The number of hydrogen-bond donors (Lipinski definition) is 0. The van der Waals surface area contributed by atoms with Gasteiger partial charge < -0.3 is 13.9 Å². The minimum Gasteiger partial charge on any atom is -0.457 e. The summed E-state index contributed by atoms with van der Waals surface area (Å²) >= 11 is 0. The average molecular weight is 654 g/mol. The molecule has 0 radical (unpaired) electrons.